The van der Waals surface area contributed by atoms with Crippen molar-refractivity contribution in [3.8, 4) is 0 Å². The number of carbonyl (C=O) groups excluding carboxylic acids is 1. The molecule has 2 aromatic rings. The van der Waals surface area contributed by atoms with Crippen LogP contribution in [-0.4, -0.2) is 20.9 Å². The van der Waals surface area contributed by atoms with Crippen molar-refractivity contribution in [1.82, 2.24) is 15.0 Å². The van der Waals surface area contributed by atoms with Crippen LogP contribution in [0.15, 0.2) is 40.8 Å². The van der Waals surface area contributed by atoms with Gasteiger partial charge < -0.3 is 5.73 Å². The Morgan fingerprint density at radius 2 is 2.00 bits per heavy atom. The molecule has 0 radical (unpaired) electrons. The van der Waals surface area contributed by atoms with Gasteiger partial charge in [0.1, 0.15) is 22.1 Å². The molecule has 0 aliphatic rings. The van der Waals surface area contributed by atoms with E-state index < -0.39 is 17.8 Å². The Balaban J connectivity index is 2.45. The first-order chi connectivity index (χ1) is 9.38. The quantitative estimate of drug-likeness (QED) is 0.878. The Morgan fingerprint density at radius 1 is 1.25 bits per heavy atom. The number of hydrogen-bond acceptors (Lipinski definition) is 5. The number of rotatable bonds is 3. The van der Waals surface area contributed by atoms with E-state index in [0.29, 0.717) is 11.1 Å². The highest BCUT2D eigenvalue weighted by atomic mass is 32.2. The largest absolute Gasteiger partial charge is 0.433 e. The van der Waals surface area contributed by atoms with Gasteiger partial charge in [-0.05, 0) is 30.0 Å². The van der Waals surface area contributed by atoms with E-state index >= 15 is 0 Å². The summed E-state index contributed by atoms with van der Waals surface area (Å²) in [5.74, 6) is -0.859. The van der Waals surface area contributed by atoms with Crippen LogP contribution >= 0.6 is 11.8 Å². The van der Waals surface area contributed by atoms with Crippen LogP contribution in [0.25, 0.3) is 0 Å². The van der Waals surface area contributed by atoms with Gasteiger partial charge in [0.15, 0.2) is 0 Å². The first kappa shape index (κ1) is 14.3. The van der Waals surface area contributed by atoms with Gasteiger partial charge in [0.2, 0.25) is 0 Å². The van der Waals surface area contributed by atoms with E-state index in [0.717, 1.165) is 17.8 Å². The highest BCUT2D eigenvalue weighted by Crippen LogP contribution is 2.32. The SMILES string of the molecule is NC(=O)c1ccc(C(F)(F)F)nc1Sc1ccncn1. The van der Waals surface area contributed by atoms with Crippen molar-refractivity contribution in [2.45, 2.75) is 16.2 Å². The van der Waals surface area contributed by atoms with Gasteiger partial charge in [0.25, 0.3) is 5.91 Å². The van der Waals surface area contributed by atoms with Crippen molar-refractivity contribution in [2.75, 3.05) is 0 Å². The van der Waals surface area contributed by atoms with E-state index in [-0.39, 0.29) is 10.6 Å². The lowest BCUT2D eigenvalue weighted by Crippen LogP contribution is -2.16. The fourth-order valence-corrected chi connectivity index (χ4v) is 2.15. The molecule has 0 aromatic carbocycles. The molecule has 0 aliphatic heterocycles. The molecular formula is C11H7F3N4OS. The van der Waals surface area contributed by atoms with Crippen LogP contribution in [0.5, 0.6) is 0 Å². The zero-order valence-corrected chi connectivity index (χ0v) is 10.6. The maximum atomic E-state index is 12.6. The number of aromatic nitrogens is 3. The molecule has 9 heteroatoms. The number of primary amides is 1. The molecule has 0 aliphatic carbocycles. The zero-order valence-electron chi connectivity index (χ0n) is 9.76. The average molecular weight is 300 g/mol. The van der Waals surface area contributed by atoms with Gasteiger partial charge in [-0.2, -0.15) is 13.2 Å². The van der Waals surface area contributed by atoms with Gasteiger partial charge in [-0.25, -0.2) is 15.0 Å². The number of hydrogen-bond donors (Lipinski definition) is 1. The van der Waals surface area contributed by atoms with Crippen molar-refractivity contribution in [2.24, 2.45) is 5.73 Å². The first-order valence-corrected chi connectivity index (χ1v) is 6.01. The summed E-state index contributed by atoms with van der Waals surface area (Å²) in [5, 5.41) is 0.209. The number of nitrogens with zero attached hydrogens (tertiary/aromatic N) is 3. The second-order valence-corrected chi connectivity index (χ2v) is 4.57. The molecule has 2 aromatic heterocycles. The van der Waals surface area contributed by atoms with E-state index in [1.165, 1.54) is 18.6 Å². The second kappa shape index (κ2) is 5.45. The van der Waals surface area contributed by atoms with Crippen LogP contribution in [0, 0.1) is 0 Å². The van der Waals surface area contributed by atoms with E-state index in [9.17, 15) is 18.0 Å². The normalized spacial score (nSPS) is 11.3. The van der Waals surface area contributed by atoms with E-state index in [2.05, 4.69) is 15.0 Å². The summed E-state index contributed by atoms with van der Waals surface area (Å²) in [7, 11) is 0. The number of amides is 1. The molecule has 0 bridgehead atoms. The van der Waals surface area contributed by atoms with Crippen LogP contribution in [0.2, 0.25) is 0 Å². The third-order valence-corrected chi connectivity index (χ3v) is 3.13. The zero-order chi connectivity index (χ0) is 14.8. The van der Waals surface area contributed by atoms with Crippen molar-refractivity contribution < 1.29 is 18.0 Å². The number of alkyl halides is 3. The van der Waals surface area contributed by atoms with E-state index in [4.69, 9.17) is 5.73 Å². The van der Waals surface area contributed by atoms with Crippen LogP contribution < -0.4 is 5.73 Å². The number of halogens is 3. The van der Waals surface area contributed by atoms with Crippen LogP contribution in [0.3, 0.4) is 0 Å². The Morgan fingerprint density at radius 3 is 2.55 bits per heavy atom. The molecule has 0 unspecified atom stereocenters. The van der Waals surface area contributed by atoms with Gasteiger partial charge in [0.05, 0.1) is 5.56 Å². The second-order valence-electron chi connectivity index (χ2n) is 3.56. The molecule has 0 atom stereocenters. The molecule has 2 N–H and O–H groups in total. The smallest absolute Gasteiger partial charge is 0.366 e. The van der Waals surface area contributed by atoms with Gasteiger partial charge in [0, 0.05) is 6.20 Å². The molecule has 5 nitrogen and oxygen atoms in total. The summed E-state index contributed by atoms with van der Waals surface area (Å²) < 4.78 is 37.9. The first-order valence-electron chi connectivity index (χ1n) is 5.20. The molecule has 0 saturated heterocycles. The van der Waals surface area contributed by atoms with E-state index in [1.54, 1.807) is 0 Å². The maximum Gasteiger partial charge on any atom is 0.433 e. The van der Waals surface area contributed by atoms with Crippen molar-refractivity contribution in [1.29, 1.82) is 0 Å². The van der Waals surface area contributed by atoms with Crippen LogP contribution in [0.4, 0.5) is 13.2 Å². The summed E-state index contributed by atoms with van der Waals surface area (Å²) in [6.45, 7) is 0. The minimum absolute atomic E-state index is 0.0957. The number of pyridine rings is 1. The van der Waals surface area contributed by atoms with Crippen molar-refractivity contribution in [3.63, 3.8) is 0 Å². The molecule has 0 fully saturated rings. The lowest BCUT2D eigenvalue weighted by atomic mass is 10.2. The van der Waals surface area contributed by atoms with Crippen LogP contribution in [-0.2, 0) is 6.18 Å². The van der Waals surface area contributed by atoms with E-state index in [1.807, 2.05) is 0 Å². The summed E-state index contributed by atoms with van der Waals surface area (Å²) >= 11 is 0.810. The Hall–Kier alpha value is -2.16. The summed E-state index contributed by atoms with van der Waals surface area (Å²) in [6.07, 6.45) is -1.94. The highest BCUT2D eigenvalue weighted by molar-refractivity contribution is 7.99. The van der Waals surface area contributed by atoms with Crippen molar-refractivity contribution in [3.05, 3.63) is 42.0 Å². The third kappa shape index (κ3) is 3.23. The molecule has 2 rings (SSSR count). The Labute approximate surface area is 115 Å². The topological polar surface area (TPSA) is 81.8 Å². The molecule has 0 saturated carbocycles. The summed E-state index contributed by atoms with van der Waals surface area (Å²) in [4.78, 5) is 22.2. The molecule has 0 spiro atoms. The molecule has 1 amide bonds. The standard InChI is InChI=1S/C11H7F3N4OS/c12-11(13,14)7-2-1-6(9(15)19)10(18-7)20-8-3-4-16-5-17-8/h1-5H,(H2,15,19). The molecular weight excluding hydrogens is 293 g/mol. The van der Waals surface area contributed by atoms with Gasteiger partial charge in [-0.3, -0.25) is 4.79 Å². The predicted molar refractivity (Wildman–Crippen MR) is 63.9 cm³/mol. The fraction of sp³-hybridized carbons (Fsp3) is 0.0909. The Bertz CT molecular complexity index is 633. The number of carbonyl (C=O) groups is 1. The van der Waals surface area contributed by atoms with Gasteiger partial charge >= 0.3 is 6.18 Å². The minimum Gasteiger partial charge on any atom is -0.366 e. The number of nitrogens with two attached hydrogens (primary N) is 1. The monoisotopic (exact) mass is 300 g/mol. The molecule has 104 valence electrons. The van der Waals surface area contributed by atoms with Crippen LogP contribution in [0.1, 0.15) is 16.1 Å². The van der Waals surface area contributed by atoms with Gasteiger partial charge in [-0.15, -0.1) is 0 Å². The highest BCUT2D eigenvalue weighted by Gasteiger charge is 2.33. The predicted octanol–water partition coefficient (Wildman–Crippen LogP) is 2.14. The maximum absolute atomic E-state index is 12.6. The lowest BCUT2D eigenvalue weighted by Gasteiger charge is -2.10. The lowest BCUT2D eigenvalue weighted by molar-refractivity contribution is -0.141. The van der Waals surface area contributed by atoms with Gasteiger partial charge in [-0.1, -0.05) is 0 Å². The summed E-state index contributed by atoms with van der Waals surface area (Å²) in [5.41, 5.74) is 3.93. The van der Waals surface area contributed by atoms with Crippen molar-refractivity contribution >= 4 is 17.7 Å². The molecule has 20 heavy (non-hydrogen) atoms. The summed E-state index contributed by atoms with van der Waals surface area (Å²) in [6, 6.07) is 3.20. The fourth-order valence-electron chi connectivity index (χ4n) is 1.30. The average Bonchev–Trinajstić information content (AvgIpc) is 2.38. The molecule has 2 heterocycles. The third-order valence-electron chi connectivity index (χ3n) is 2.17. The minimum atomic E-state index is -4.60. The Kier molecular flexibility index (Phi) is 3.89.